The van der Waals surface area contributed by atoms with E-state index in [1.807, 2.05) is 0 Å². The van der Waals surface area contributed by atoms with Gasteiger partial charge in [-0.25, -0.2) is 0 Å². The molecule has 0 heterocycles. The fourth-order valence-electron chi connectivity index (χ4n) is 2.77. The Morgan fingerprint density at radius 3 is 1.78 bits per heavy atom. The summed E-state index contributed by atoms with van der Waals surface area (Å²) in [4.78, 5) is 0. The average Bonchev–Trinajstić information content (AvgIpc) is 2.31. The van der Waals surface area contributed by atoms with Gasteiger partial charge in [-0.05, 0) is 29.6 Å². The Labute approximate surface area is 117 Å². The zero-order chi connectivity index (χ0) is 14.1. The highest BCUT2D eigenvalue weighted by Gasteiger charge is 2.16. The lowest BCUT2D eigenvalue weighted by atomic mass is 9.82. The van der Waals surface area contributed by atoms with Crippen LogP contribution in [0.1, 0.15) is 87.0 Å². The highest BCUT2D eigenvalue weighted by Crippen LogP contribution is 2.27. The van der Waals surface area contributed by atoms with E-state index in [0.29, 0.717) is 0 Å². The topological polar surface area (TPSA) is 0 Å². The van der Waals surface area contributed by atoms with Crippen molar-refractivity contribution in [1.29, 1.82) is 0 Å². The van der Waals surface area contributed by atoms with Gasteiger partial charge in [-0.1, -0.05) is 87.0 Å². The Bertz CT molecular complexity index is 180. The summed E-state index contributed by atoms with van der Waals surface area (Å²) in [7, 11) is 0. The van der Waals surface area contributed by atoms with E-state index in [0.717, 1.165) is 29.6 Å². The summed E-state index contributed by atoms with van der Waals surface area (Å²) in [5.74, 6) is 4.46. The molecule has 0 bridgehead atoms. The van der Waals surface area contributed by atoms with Crippen molar-refractivity contribution in [3.8, 4) is 0 Å². The van der Waals surface area contributed by atoms with Crippen LogP contribution in [0.2, 0.25) is 0 Å². The van der Waals surface area contributed by atoms with E-state index < -0.39 is 0 Å². The minimum absolute atomic E-state index is 0.836. The molecule has 110 valence electrons. The fraction of sp³-hybridized carbons (Fsp3) is 1.00. The van der Waals surface area contributed by atoms with Gasteiger partial charge in [0.2, 0.25) is 0 Å². The lowest BCUT2D eigenvalue weighted by Gasteiger charge is -2.24. The molecule has 0 aliphatic heterocycles. The van der Waals surface area contributed by atoms with Crippen LogP contribution < -0.4 is 0 Å². The van der Waals surface area contributed by atoms with E-state index in [9.17, 15) is 0 Å². The standard InChI is InChI=1S/C18H38/c1-8-18(13-12-14(2)3)11-9-10-16(6)17(7)15(4)5/h14-18H,8-13H2,1-7H3. The number of hydrogen-bond acceptors (Lipinski definition) is 0. The maximum absolute atomic E-state index is 2.44. The molecule has 0 nitrogen and oxygen atoms in total. The molecule has 3 unspecified atom stereocenters. The smallest absolute Gasteiger partial charge is 0.0394 e. The first-order chi connectivity index (χ1) is 8.38. The second kappa shape index (κ2) is 9.87. The maximum atomic E-state index is 2.44. The van der Waals surface area contributed by atoms with Crippen molar-refractivity contribution in [3.05, 3.63) is 0 Å². The first-order valence-electron chi connectivity index (χ1n) is 8.38. The van der Waals surface area contributed by atoms with Gasteiger partial charge in [0.25, 0.3) is 0 Å². The van der Waals surface area contributed by atoms with Crippen LogP contribution in [0, 0.1) is 29.6 Å². The highest BCUT2D eigenvalue weighted by atomic mass is 14.2. The summed E-state index contributed by atoms with van der Waals surface area (Å²) in [6.07, 6.45) is 8.56. The molecule has 0 N–H and O–H groups in total. The Hall–Kier alpha value is 0. The Morgan fingerprint density at radius 1 is 0.722 bits per heavy atom. The molecule has 0 spiro atoms. The molecule has 0 heteroatoms. The molecule has 0 aliphatic rings. The maximum Gasteiger partial charge on any atom is -0.0394 e. The van der Waals surface area contributed by atoms with Gasteiger partial charge >= 0.3 is 0 Å². The first-order valence-corrected chi connectivity index (χ1v) is 8.38. The summed E-state index contributed by atoms with van der Waals surface area (Å²) in [5.41, 5.74) is 0. The summed E-state index contributed by atoms with van der Waals surface area (Å²) in [6, 6.07) is 0. The lowest BCUT2D eigenvalue weighted by molar-refractivity contribution is 0.266. The number of hydrogen-bond donors (Lipinski definition) is 0. The Morgan fingerprint density at radius 2 is 1.33 bits per heavy atom. The third-order valence-electron chi connectivity index (χ3n) is 4.95. The van der Waals surface area contributed by atoms with Gasteiger partial charge in [-0.2, -0.15) is 0 Å². The van der Waals surface area contributed by atoms with E-state index in [1.54, 1.807) is 0 Å². The van der Waals surface area contributed by atoms with E-state index in [1.165, 1.54) is 38.5 Å². The summed E-state index contributed by atoms with van der Waals surface area (Å²) < 4.78 is 0. The highest BCUT2D eigenvalue weighted by molar-refractivity contribution is 4.67. The monoisotopic (exact) mass is 254 g/mol. The van der Waals surface area contributed by atoms with Crippen LogP contribution in [0.5, 0.6) is 0 Å². The van der Waals surface area contributed by atoms with E-state index >= 15 is 0 Å². The predicted octanol–water partition coefficient (Wildman–Crippen LogP) is 6.55. The van der Waals surface area contributed by atoms with Crippen LogP contribution in [0.15, 0.2) is 0 Å². The largest absolute Gasteiger partial charge is 0.0651 e. The predicted molar refractivity (Wildman–Crippen MR) is 84.9 cm³/mol. The second-order valence-corrected chi connectivity index (χ2v) is 7.26. The summed E-state index contributed by atoms with van der Waals surface area (Å²) in [6.45, 7) is 16.6. The van der Waals surface area contributed by atoms with Crippen LogP contribution in [-0.4, -0.2) is 0 Å². The Balaban J connectivity index is 3.79. The van der Waals surface area contributed by atoms with E-state index in [4.69, 9.17) is 0 Å². The molecular formula is C18H38. The van der Waals surface area contributed by atoms with Crippen molar-refractivity contribution in [2.24, 2.45) is 29.6 Å². The molecule has 0 rings (SSSR count). The van der Waals surface area contributed by atoms with Gasteiger partial charge in [-0.3, -0.25) is 0 Å². The minimum Gasteiger partial charge on any atom is -0.0651 e. The quantitative estimate of drug-likeness (QED) is 0.415. The number of rotatable bonds is 10. The third kappa shape index (κ3) is 8.16. The fourth-order valence-corrected chi connectivity index (χ4v) is 2.77. The molecule has 0 amide bonds. The SMILES string of the molecule is CCC(CCCC(C)C(C)C(C)C)CCC(C)C. The van der Waals surface area contributed by atoms with Crippen molar-refractivity contribution >= 4 is 0 Å². The summed E-state index contributed by atoms with van der Waals surface area (Å²) in [5, 5.41) is 0. The molecule has 0 saturated heterocycles. The van der Waals surface area contributed by atoms with Crippen LogP contribution in [0.4, 0.5) is 0 Å². The normalized spacial score (nSPS) is 17.2. The summed E-state index contributed by atoms with van der Waals surface area (Å²) >= 11 is 0. The van der Waals surface area contributed by atoms with Gasteiger partial charge in [0.15, 0.2) is 0 Å². The first kappa shape index (κ1) is 18.0. The van der Waals surface area contributed by atoms with Crippen molar-refractivity contribution < 1.29 is 0 Å². The van der Waals surface area contributed by atoms with Crippen LogP contribution in [0.3, 0.4) is 0 Å². The Kier molecular flexibility index (Phi) is 9.87. The average molecular weight is 255 g/mol. The second-order valence-electron chi connectivity index (χ2n) is 7.26. The van der Waals surface area contributed by atoms with Crippen LogP contribution in [-0.2, 0) is 0 Å². The van der Waals surface area contributed by atoms with Gasteiger partial charge in [-0.15, -0.1) is 0 Å². The molecule has 0 saturated carbocycles. The molecule has 0 radical (unpaired) electrons. The molecule has 0 aliphatic carbocycles. The molecule has 0 fully saturated rings. The lowest BCUT2D eigenvalue weighted by Crippen LogP contribution is -2.14. The van der Waals surface area contributed by atoms with E-state index in [-0.39, 0.29) is 0 Å². The van der Waals surface area contributed by atoms with E-state index in [2.05, 4.69) is 48.5 Å². The van der Waals surface area contributed by atoms with Crippen molar-refractivity contribution in [2.45, 2.75) is 87.0 Å². The zero-order valence-electron chi connectivity index (χ0n) is 14.1. The molecule has 0 aromatic heterocycles. The zero-order valence-corrected chi connectivity index (χ0v) is 14.1. The van der Waals surface area contributed by atoms with Gasteiger partial charge in [0.05, 0.1) is 0 Å². The van der Waals surface area contributed by atoms with Gasteiger partial charge < -0.3 is 0 Å². The van der Waals surface area contributed by atoms with Crippen molar-refractivity contribution in [1.82, 2.24) is 0 Å². The van der Waals surface area contributed by atoms with Gasteiger partial charge in [0, 0.05) is 0 Å². The van der Waals surface area contributed by atoms with Crippen molar-refractivity contribution in [3.63, 3.8) is 0 Å². The van der Waals surface area contributed by atoms with Crippen molar-refractivity contribution in [2.75, 3.05) is 0 Å². The van der Waals surface area contributed by atoms with Crippen LogP contribution in [0.25, 0.3) is 0 Å². The van der Waals surface area contributed by atoms with Gasteiger partial charge in [0.1, 0.15) is 0 Å². The molecule has 3 atom stereocenters. The minimum atomic E-state index is 0.836. The molecule has 0 aromatic carbocycles. The molecule has 18 heavy (non-hydrogen) atoms. The molecule has 0 aromatic rings. The third-order valence-corrected chi connectivity index (χ3v) is 4.95. The van der Waals surface area contributed by atoms with Crippen LogP contribution >= 0.6 is 0 Å². The molecular weight excluding hydrogens is 216 g/mol.